The van der Waals surface area contributed by atoms with Crippen molar-refractivity contribution < 1.29 is 0 Å². The number of piperazine rings is 1. The van der Waals surface area contributed by atoms with Crippen molar-refractivity contribution in [3.05, 3.63) is 24.9 Å². The zero-order valence-corrected chi connectivity index (χ0v) is 9.97. The fraction of sp³-hybridized carbons (Fsp3) is 0.500. The third-order valence-corrected chi connectivity index (χ3v) is 2.61. The number of likely N-dealkylation sites (N-methyl/N-ethyl adjacent to an activating group) is 1. The van der Waals surface area contributed by atoms with Crippen molar-refractivity contribution in [2.24, 2.45) is 9.98 Å². The van der Waals surface area contributed by atoms with Gasteiger partial charge in [0.05, 0.1) is 12.0 Å². The topological polar surface area (TPSA) is 31.2 Å². The summed E-state index contributed by atoms with van der Waals surface area (Å²) in [6.07, 6.45) is 4.95. The maximum atomic E-state index is 4.12. The summed E-state index contributed by atoms with van der Waals surface area (Å²) in [6, 6.07) is 0. The van der Waals surface area contributed by atoms with Gasteiger partial charge in [-0.2, -0.15) is 0 Å². The molecule has 0 aromatic carbocycles. The van der Waals surface area contributed by atoms with Crippen LogP contribution in [0.3, 0.4) is 0 Å². The minimum atomic E-state index is 0.632. The van der Waals surface area contributed by atoms with Crippen molar-refractivity contribution in [3.63, 3.8) is 0 Å². The predicted molar refractivity (Wildman–Crippen MR) is 70.0 cm³/mol. The van der Waals surface area contributed by atoms with Crippen LogP contribution in [0.5, 0.6) is 0 Å². The molecule has 1 heterocycles. The van der Waals surface area contributed by atoms with Crippen LogP contribution in [-0.2, 0) is 0 Å². The van der Waals surface area contributed by atoms with E-state index in [-0.39, 0.29) is 0 Å². The van der Waals surface area contributed by atoms with E-state index in [0.717, 1.165) is 32.7 Å². The van der Waals surface area contributed by atoms with Crippen molar-refractivity contribution in [2.45, 2.75) is 6.92 Å². The highest BCUT2D eigenvalue weighted by Gasteiger charge is 2.11. The summed E-state index contributed by atoms with van der Waals surface area (Å²) in [7, 11) is 0. The molecule has 1 aliphatic rings. The summed E-state index contributed by atoms with van der Waals surface area (Å²) < 4.78 is 0. The number of nitrogens with zero attached hydrogens (tertiary/aromatic N) is 4. The Bertz CT molecular complexity index is 285. The van der Waals surface area contributed by atoms with Gasteiger partial charge in [0.1, 0.15) is 6.34 Å². The molecule has 1 saturated heterocycles. The summed E-state index contributed by atoms with van der Waals surface area (Å²) >= 11 is 0. The lowest BCUT2D eigenvalue weighted by atomic mass is 10.3. The molecule has 88 valence electrons. The first-order chi connectivity index (χ1) is 7.76. The van der Waals surface area contributed by atoms with Gasteiger partial charge in [0.25, 0.3) is 0 Å². The molecule has 4 heteroatoms. The van der Waals surface area contributed by atoms with Gasteiger partial charge in [0.2, 0.25) is 0 Å². The molecular formula is C12H20N4. The van der Waals surface area contributed by atoms with E-state index in [9.17, 15) is 0 Å². The minimum absolute atomic E-state index is 0.632. The second-order valence-corrected chi connectivity index (χ2v) is 3.67. The van der Waals surface area contributed by atoms with Crippen molar-refractivity contribution in [1.29, 1.82) is 0 Å². The van der Waals surface area contributed by atoms with Crippen molar-refractivity contribution in [2.75, 3.05) is 32.7 Å². The molecule has 1 rings (SSSR count). The summed E-state index contributed by atoms with van der Waals surface area (Å²) in [6.45, 7) is 14.8. The highest BCUT2D eigenvalue weighted by Crippen LogP contribution is 1.98. The zero-order valence-electron chi connectivity index (χ0n) is 9.97. The van der Waals surface area contributed by atoms with Crippen LogP contribution in [-0.4, -0.2) is 55.2 Å². The lowest BCUT2D eigenvalue weighted by molar-refractivity contribution is 0.193. The van der Waals surface area contributed by atoms with Gasteiger partial charge < -0.3 is 9.80 Å². The minimum Gasteiger partial charge on any atom is -0.360 e. The highest BCUT2D eigenvalue weighted by molar-refractivity contribution is 5.71. The smallest absolute Gasteiger partial charge is 0.117 e. The van der Waals surface area contributed by atoms with Gasteiger partial charge in [-0.1, -0.05) is 20.1 Å². The number of allylic oxidation sites excluding steroid dienone is 1. The Hall–Kier alpha value is -1.42. The normalized spacial score (nSPS) is 18.4. The van der Waals surface area contributed by atoms with Crippen LogP contribution in [0.1, 0.15) is 6.92 Å². The molecule has 0 unspecified atom stereocenters. The van der Waals surface area contributed by atoms with Crippen molar-refractivity contribution in [1.82, 2.24) is 9.80 Å². The van der Waals surface area contributed by atoms with E-state index < -0.39 is 0 Å². The Morgan fingerprint density at radius 3 is 2.56 bits per heavy atom. The average molecular weight is 220 g/mol. The molecular weight excluding hydrogens is 200 g/mol. The molecule has 16 heavy (non-hydrogen) atoms. The monoisotopic (exact) mass is 220 g/mol. The molecule has 0 radical (unpaired) electrons. The predicted octanol–water partition coefficient (Wildman–Crippen LogP) is 1.38. The number of hydrogen-bond donors (Lipinski definition) is 0. The summed E-state index contributed by atoms with van der Waals surface area (Å²) in [5.41, 5.74) is 0.632. The molecule has 4 nitrogen and oxygen atoms in total. The molecule has 0 amide bonds. The Morgan fingerprint density at radius 2 is 2.00 bits per heavy atom. The van der Waals surface area contributed by atoms with Gasteiger partial charge in [-0.15, -0.1) is 0 Å². The lowest BCUT2D eigenvalue weighted by Crippen LogP contribution is -2.45. The molecule has 1 fully saturated rings. The first-order valence-electron chi connectivity index (χ1n) is 5.60. The van der Waals surface area contributed by atoms with Crippen LogP contribution in [0.2, 0.25) is 0 Å². The summed E-state index contributed by atoms with van der Waals surface area (Å²) in [5, 5.41) is 0. The number of aliphatic imine (C=N–C) groups is 2. The number of hydrogen-bond acceptors (Lipinski definition) is 2. The van der Waals surface area contributed by atoms with Gasteiger partial charge in [0, 0.05) is 26.2 Å². The Balaban J connectivity index is 2.28. The van der Waals surface area contributed by atoms with Crippen LogP contribution in [0.25, 0.3) is 0 Å². The zero-order chi connectivity index (χ0) is 11.8. The molecule has 0 spiro atoms. The van der Waals surface area contributed by atoms with Crippen LogP contribution in [0.15, 0.2) is 34.9 Å². The second kappa shape index (κ2) is 6.95. The Labute approximate surface area is 97.7 Å². The summed E-state index contributed by atoms with van der Waals surface area (Å²) in [5.74, 6) is 0. The molecule has 0 aromatic rings. The van der Waals surface area contributed by atoms with E-state index in [1.165, 1.54) is 6.34 Å². The quantitative estimate of drug-likeness (QED) is 0.398. The number of rotatable bonds is 5. The van der Waals surface area contributed by atoms with Crippen LogP contribution >= 0.6 is 0 Å². The molecule has 0 atom stereocenters. The van der Waals surface area contributed by atoms with E-state index in [0.29, 0.717) is 5.70 Å². The molecule has 0 aliphatic carbocycles. The van der Waals surface area contributed by atoms with Crippen molar-refractivity contribution in [3.8, 4) is 0 Å². The van der Waals surface area contributed by atoms with E-state index >= 15 is 0 Å². The van der Waals surface area contributed by atoms with E-state index in [1.807, 2.05) is 6.34 Å². The van der Waals surface area contributed by atoms with Crippen molar-refractivity contribution >= 4 is 12.7 Å². The molecule has 1 aliphatic heterocycles. The van der Waals surface area contributed by atoms with E-state index in [2.05, 4.69) is 39.9 Å². The Kier molecular flexibility index (Phi) is 5.50. The maximum Gasteiger partial charge on any atom is 0.117 e. The summed E-state index contributed by atoms with van der Waals surface area (Å²) in [4.78, 5) is 12.7. The average Bonchev–Trinajstić information content (AvgIpc) is 2.35. The Morgan fingerprint density at radius 1 is 1.31 bits per heavy atom. The lowest BCUT2D eigenvalue weighted by Gasteiger charge is -2.32. The maximum absolute atomic E-state index is 4.12. The molecule has 0 bridgehead atoms. The second-order valence-electron chi connectivity index (χ2n) is 3.67. The molecule has 0 N–H and O–H groups in total. The first kappa shape index (κ1) is 12.6. The first-order valence-corrected chi connectivity index (χ1v) is 5.60. The van der Waals surface area contributed by atoms with Gasteiger partial charge >= 0.3 is 0 Å². The SMILES string of the molecule is C=CC(=C)N=CN=CN1CCN(CC)CC1. The highest BCUT2D eigenvalue weighted by atomic mass is 15.3. The molecule has 0 aromatic heterocycles. The van der Waals surface area contributed by atoms with Crippen LogP contribution < -0.4 is 0 Å². The standard InChI is InChI=1S/C12H20N4/c1-4-12(3)14-10-13-11-16-8-6-15(5-2)7-9-16/h4,10-11H,1,3,5-9H2,2H3. The third kappa shape index (κ3) is 4.40. The fourth-order valence-electron chi connectivity index (χ4n) is 1.48. The van der Waals surface area contributed by atoms with Gasteiger partial charge in [-0.25, -0.2) is 9.98 Å². The van der Waals surface area contributed by atoms with E-state index in [4.69, 9.17) is 0 Å². The largest absolute Gasteiger partial charge is 0.360 e. The van der Waals surface area contributed by atoms with Crippen LogP contribution in [0.4, 0.5) is 0 Å². The third-order valence-electron chi connectivity index (χ3n) is 2.61. The van der Waals surface area contributed by atoms with Crippen LogP contribution in [0, 0.1) is 0 Å². The van der Waals surface area contributed by atoms with Gasteiger partial charge in [-0.3, -0.25) is 0 Å². The van der Waals surface area contributed by atoms with Gasteiger partial charge in [-0.05, 0) is 12.6 Å². The fourth-order valence-corrected chi connectivity index (χ4v) is 1.48. The van der Waals surface area contributed by atoms with E-state index in [1.54, 1.807) is 6.08 Å². The van der Waals surface area contributed by atoms with Gasteiger partial charge in [0.15, 0.2) is 0 Å². The molecule has 0 saturated carbocycles.